The molecule has 1 aromatic heterocycles. The standard InChI is InChI=1S/C15H16N2O6S/c1-2-10-4-3-5-11(8-10)17-13(18)9-22-15(19)12-6-7-14(23-12)24(16,20)21/h3-8H,2,9H2,1H3,(H,17,18)(H2,16,20,21). The van der Waals surface area contributed by atoms with Crippen molar-refractivity contribution in [3.05, 3.63) is 47.7 Å². The van der Waals surface area contributed by atoms with Crippen molar-refractivity contribution in [3.8, 4) is 0 Å². The summed E-state index contributed by atoms with van der Waals surface area (Å²) in [5, 5.41) is 6.89. The molecular formula is C15H16N2O6S. The summed E-state index contributed by atoms with van der Waals surface area (Å²) in [6.07, 6.45) is 0.823. The van der Waals surface area contributed by atoms with Crippen molar-refractivity contribution in [1.29, 1.82) is 0 Å². The first-order chi connectivity index (χ1) is 11.3. The molecule has 0 radical (unpaired) electrons. The lowest BCUT2D eigenvalue weighted by Gasteiger charge is -2.07. The van der Waals surface area contributed by atoms with Crippen molar-refractivity contribution >= 4 is 27.6 Å². The number of esters is 1. The number of sulfonamides is 1. The molecule has 0 spiro atoms. The second kappa shape index (κ2) is 7.28. The average molecular weight is 352 g/mol. The van der Waals surface area contributed by atoms with E-state index in [-0.39, 0.29) is 5.76 Å². The van der Waals surface area contributed by atoms with E-state index in [0.717, 1.165) is 24.1 Å². The number of amides is 1. The van der Waals surface area contributed by atoms with Gasteiger partial charge < -0.3 is 14.5 Å². The quantitative estimate of drug-likeness (QED) is 0.754. The molecule has 0 saturated carbocycles. The Balaban J connectivity index is 1.91. The zero-order chi connectivity index (χ0) is 17.7. The smallest absolute Gasteiger partial charge is 0.374 e. The van der Waals surface area contributed by atoms with Crippen LogP contribution in [0.5, 0.6) is 0 Å². The highest BCUT2D eigenvalue weighted by Crippen LogP contribution is 2.14. The third kappa shape index (κ3) is 4.67. The summed E-state index contributed by atoms with van der Waals surface area (Å²) in [5.41, 5.74) is 1.64. The van der Waals surface area contributed by atoms with Crippen LogP contribution in [0.1, 0.15) is 23.0 Å². The average Bonchev–Trinajstić information content (AvgIpc) is 3.03. The van der Waals surface area contributed by atoms with Gasteiger partial charge in [0.15, 0.2) is 6.61 Å². The van der Waals surface area contributed by atoms with E-state index >= 15 is 0 Å². The molecule has 9 heteroatoms. The van der Waals surface area contributed by atoms with E-state index in [2.05, 4.69) is 5.32 Å². The number of nitrogens with one attached hydrogen (secondary N) is 1. The monoisotopic (exact) mass is 352 g/mol. The Hall–Kier alpha value is -2.65. The first-order valence-corrected chi connectivity index (χ1v) is 8.53. The summed E-state index contributed by atoms with van der Waals surface area (Å²) in [5.74, 6) is -1.86. The van der Waals surface area contributed by atoms with Crippen molar-refractivity contribution in [3.63, 3.8) is 0 Å². The Kier molecular flexibility index (Phi) is 5.37. The van der Waals surface area contributed by atoms with Gasteiger partial charge in [-0.05, 0) is 36.2 Å². The van der Waals surface area contributed by atoms with Crippen LogP contribution in [0, 0.1) is 0 Å². The first-order valence-electron chi connectivity index (χ1n) is 6.98. The lowest BCUT2D eigenvalue weighted by Crippen LogP contribution is -2.20. The van der Waals surface area contributed by atoms with Crippen molar-refractivity contribution in [2.45, 2.75) is 18.4 Å². The number of primary sulfonamides is 1. The zero-order valence-electron chi connectivity index (χ0n) is 12.8. The molecule has 0 atom stereocenters. The minimum absolute atomic E-state index is 0.361. The second-order valence-electron chi connectivity index (χ2n) is 4.84. The van der Waals surface area contributed by atoms with Gasteiger partial charge in [0.1, 0.15) is 0 Å². The van der Waals surface area contributed by atoms with Crippen LogP contribution < -0.4 is 10.5 Å². The lowest BCUT2D eigenvalue weighted by molar-refractivity contribution is -0.119. The molecule has 8 nitrogen and oxygen atoms in total. The number of aryl methyl sites for hydroxylation is 1. The van der Waals surface area contributed by atoms with Crippen LogP contribution in [-0.2, 0) is 26.0 Å². The van der Waals surface area contributed by atoms with Crippen LogP contribution in [-0.4, -0.2) is 26.9 Å². The summed E-state index contributed by atoms with van der Waals surface area (Å²) < 4.78 is 31.7. The van der Waals surface area contributed by atoms with Crippen LogP contribution in [0.25, 0.3) is 0 Å². The highest BCUT2D eigenvalue weighted by molar-refractivity contribution is 7.89. The summed E-state index contributed by atoms with van der Waals surface area (Å²) in [6, 6.07) is 9.38. The number of ether oxygens (including phenoxy) is 1. The molecule has 0 fully saturated rings. The van der Waals surface area contributed by atoms with E-state index in [0.29, 0.717) is 5.69 Å². The molecular weight excluding hydrogens is 336 g/mol. The van der Waals surface area contributed by atoms with Crippen LogP contribution in [0.2, 0.25) is 0 Å². The van der Waals surface area contributed by atoms with Gasteiger partial charge in [0, 0.05) is 5.69 Å². The van der Waals surface area contributed by atoms with Crippen molar-refractivity contribution in [1.82, 2.24) is 0 Å². The molecule has 0 bridgehead atoms. The maximum absolute atomic E-state index is 11.8. The first kappa shape index (κ1) is 17.7. The number of carbonyl (C=O) groups is 2. The highest BCUT2D eigenvalue weighted by atomic mass is 32.2. The number of nitrogens with two attached hydrogens (primary N) is 1. The number of hydrogen-bond donors (Lipinski definition) is 2. The highest BCUT2D eigenvalue weighted by Gasteiger charge is 2.19. The maximum atomic E-state index is 11.8. The molecule has 128 valence electrons. The summed E-state index contributed by atoms with van der Waals surface area (Å²) in [6.45, 7) is 1.45. The van der Waals surface area contributed by atoms with Gasteiger partial charge in [0.25, 0.3) is 15.9 Å². The molecule has 0 unspecified atom stereocenters. The SMILES string of the molecule is CCc1cccc(NC(=O)COC(=O)c2ccc(S(N)(=O)=O)o2)c1. The van der Waals surface area contributed by atoms with E-state index in [1.54, 1.807) is 12.1 Å². The third-order valence-corrected chi connectivity index (χ3v) is 3.80. The normalized spacial score (nSPS) is 11.1. The van der Waals surface area contributed by atoms with Gasteiger partial charge in [-0.15, -0.1) is 0 Å². The molecule has 0 aliphatic rings. The molecule has 1 aromatic carbocycles. The van der Waals surface area contributed by atoms with Crippen LogP contribution in [0.3, 0.4) is 0 Å². The number of carbonyl (C=O) groups excluding carboxylic acids is 2. The Labute approximate surface area is 138 Å². The molecule has 0 aliphatic heterocycles. The minimum atomic E-state index is -4.05. The van der Waals surface area contributed by atoms with E-state index in [1.165, 1.54) is 0 Å². The van der Waals surface area contributed by atoms with Crippen molar-refractivity contribution in [2.24, 2.45) is 5.14 Å². The number of furan rings is 1. The summed E-state index contributed by atoms with van der Waals surface area (Å²) in [4.78, 5) is 23.5. The number of anilines is 1. The number of rotatable bonds is 6. The predicted molar refractivity (Wildman–Crippen MR) is 84.8 cm³/mol. The molecule has 3 N–H and O–H groups in total. The topological polar surface area (TPSA) is 129 Å². The Morgan fingerprint density at radius 2 is 2.00 bits per heavy atom. The van der Waals surface area contributed by atoms with Gasteiger partial charge in [-0.3, -0.25) is 4.79 Å². The largest absolute Gasteiger partial charge is 0.450 e. The van der Waals surface area contributed by atoms with E-state index in [4.69, 9.17) is 14.3 Å². The van der Waals surface area contributed by atoms with E-state index in [9.17, 15) is 18.0 Å². The van der Waals surface area contributed by atoms with Crippen LogP contribution >= 0.6 is 0 Å². The van der Waals surface area contributed by atoms with Crippen molar-refractivity contribution in [2.75, 3.05) is 11.9 Å². The lowest BCUT2D eigenvalue weighted by atomic mass is 10.1. The Morgan fingerprint density at radius 3 is 2.62 bits per heavy atom. The number of benzene rings is 1. The van der Waals surface area contributed by atoms with Gasteiger partial charge in [0.2, 0.25) is 10.9 Å². The molecule has 24 heavy (non-hydrogen) atoms. The fourth-order valence-corrected chi connectivity index (χ4v) is 2.31. The van der Waals surface area contributed by atoms with Crippen LogP contribution in [0.4, 0.5) is 5.69 Å². The zero-order valence-corrected chi connectivity index (χ0v) is 13.6. The fourth-order valence-electron chi connectivity index (χ4n) is 1.85. The molecule has 1 amide bonds. The van der Waals surface area contributed by atoms with Crippen LogP contribution in [0.15, 0.2) is 45.9 Å². The Bertz CT molecular complexity index is 856. The van der Waals surface area contributed by atoms with Crippen molar-refractivity contribution < 1.29 is 27.2 Å². The predicted octanol–water partition coefficient (Wildman–Crippen LogP) is 1.28. The number of hydrogen-bond acceptors (Lipinski definition) is 6. The molecule has 2 aromatic rings. The van der Waals surface area contributed by atoms with Gasteiger partial charge in [-0.2, -0.15) is 0 Å². The summed E-state index contributed by atoms with van der Waals surface area (Å²) >= 11 is 0. The molecule has 1 heterocycles. The summed E-state index contributed by atoms with van der Waals surface area (Å²) in [7, 11) is -4.05. The van der Waals surface area contributed by atoms with E-state index in [1.807, 2.05) is 19.1 Å². The fraction of sp³-hybridized carbons (Fsp3) is 0.200. The van der Waals surface area contributed by atoms with Gasteiger partial charge in [-0.25, -0.2) is 18.4 Å². The third-order valence-electron chi connectivity index (χ3n) is 3.02. The molecule has 0 aliphatic carbocycles. The second-order valence-corrected chi connectivity index (χ2v) is 6.33. The minimum Gasteiger partial charge on any atom is -0.450 e. The van der Waals surface area contributed by atoms with Gasteiger partial charge >= 0.3 is 5.97 Å². The molecule has 2 rings (SSSR count). The Morgan fingerprint density at radius 1 is 1.25 bits per heavy atom. The maximum Gasteiger partial charge on any atom is 0.374 e. The van der Waals surface area contributed by atoms with E-state index < -0.39 is 33.6 Å². The van der Waals surface area contributed by atoms with Gasteiger partial charge in [0.05, 0.1) is 0 Å². The van der Waals surface area contributed by atoms with Gasteiger partial charge in [-0.1, -0.05) is 19.1 Å². The molecule has 0 saturated heterocycles.